The maximum Gasteiger partial charge on any atom is 0.309 e. The molecule has 0 aromatic heterocycles. The SMILES string of the molecule is CCC(c1ccc(C(=O)/C=C/c2ccc(N(CC)CC)cc2)c2c1C=CCO2)C(C)(C)C(=O)O. The molecule has 1 heterocycles. The van der Waals surface area contributed by atoms with Crippen LogP contribution in [-0.4, -0.2) is 36.6 Å². The summed E-state index contributed by atoms with van der Waals surface area (Å²) in [6, 6.07) is 11.8. The topological polar surface area (TPSA) is 66.8 Å². The van der Waals surface area contributed by atoms with Gasteiger partial charge in [0.25, 0.3) is 0 Å². The molecule has 0 fully saturated rings. The fraction of sp³-hybridized carbons (Fsp3) is 0.379. The lowest BCUT2D eigenvalue weighted by atomic mass is 9.71. The first-order valence-corrected chi connectivity index (χ1v) is 12.0. The third-order valence-electron chi connectivity index (χ3n) is 6.76. The molecule has 0 bridgehead atoms. The third-order valence-corrected chi connectivity index (χ3v) is 6.76. The molecule has 180 valence electrons. The molecule has 1 aliphatic heterocycles. The Hall–Kier alpha value is -3.34. The molecule has 2 aromatic rings. The molecule has 1 aliphatic rings. The lowest BCUT2D eigenvalue weighted by Gasteiger charge is -2.32. The third kappa shape index (κ3) is 5.09. The average Bonchev–Trinajstić information content (AvgIpc) is 2.84. The van der Waals surface area contributed by atoms with Gasteiger partial charge in [0.05, 0.1) is 11.0 Å². The Kier molecular flexibility index (Phi) is 7.98. The first-order chi connectivity index (χ1) is 16.2. The highest BCUT2D eigenvalue weighted by Gasteiger charge is 2.38. The number of carbonyl (C=O) groups is 2. The monoisotopic (exact) mass is 461 g/mol. The van der Waals surface area contributed by atoms with E-state index < -0.39 is 11.4 Å². The number of nitrogens with zero attached hydrogens (tertiary/aromatic N) is 1. The fourth-order valence-corrected chi connectivity index (χ4v) is 4.65. The highest BCUT2D eigenvalue weighted by Crippen LogP contribution is 2.44. The zero-order chi connectivity index (χ0) is 24.9. The minimum absolute atomic E-state index is 0.142. The molecule has 0 radical (unpaired) electrons. The van der Waals surface area contributed by atoms with E-state index in [1.807, 2.05) is 43.4 Å². The summed E-state index contributed by atoms with van der Waals surface area (Å²) >= 11 is 0. The van der Waals surface area contributed by atoms with Crippen LogP contribution in [0.2, 0.25) is 0 Å². The number of aliphatic carboxylic acids is 1. The molecular formula is C29H35NO4. The van der Waals surface area contributed by atoms with Gasteiger partial charge in [-0.3, -0.25) is 9.59 Å². The van der Waals surface area contributed by atoms with E-state index in [0.29, 0.717) is 24.3 Å². The second kappa shape index (κ2) is 10.7. The van der Waals surface area contributed by atoms with Crippen molar-refractivity contribution < 1.29 is 19.4 Å². The molecule has 5 nitrogen and oxygen atoms in total. The summed E-state index contributed by atoms with van der Waals surface area (Å²) in [5.74, 6) is -0.666. The summed E-state index contributed by atoms with van der Waals surface area (Å²) in [6.45, 7) is 12.0. The summed E-state index contributed by atoms with van der Waals surface area (Å²) in [6.07, 6.45) is 7.89. The predicted molar refractivity (Wildman–Crippen MR) is 139 cm³/mol. The van der Waals surface area contributed by atoms with Crippen molar-refractivity contribution in [3.63, 3.8) is 0 Å². The molecular weight excluding hydrogens is 426 g/mol. The van der Waals surface area contributed by atoms with Crippen molar-refractivity contribution in [1.82, 2.24) is 0 Å². The van der Waals surface area contributed by atoms with Gasteiger partial charge in [-0.05, 0) is 81.5 Å². The van der Waals surface area contributed by atoms with Gasteiger partial charge in [0.15, 0.2) is 5.78 Å². The van der Waals surface area contributed by atoms with Crippen LogP contribution in [0.1, 0.15) is 74.0 Å². The number of rotatable bonds is 10. The number of ether oxygens (including phenoxy) is 1. The minimum atomic E-state index is -0.948. The van der Waals surface area contributed by atoms with Crippen LogP contribution >= 0.6 is 0 Å². The lowest BCUT2D eigenvalue weighted by Crippen LogP contribution is -2.31. The summed E-state index contributed by atoms with van der Waals surface area (Å²) in [4.78, 5) is 27.3. The van der Waals surface area contributed by atoms with Crippen LogP contribution < -0.4 is 9.64 Å². The predicted octanol–water partition coefficient (Wildman–Crippen LogP) is 6.44. The maximum atomic E-state index is 13.1. The Morgan fingerprint density at radius 1 is 1.09 bits per heavy atom. The molecule has 5 heteroatoms. The van der Waals surface area contributed by atoms with Gasteiger partial charge in [-0.1, -0.05) is 37.3 Å². The minimum Gasteiger partial charge on any atom is -0.488 e. The zero-order valence-electron chi connectivity index (χ0n) is 20.8. The van der Waals surface area contributed by atoms with Gasteiger partial charge >= 0.3 is 5.97 Å². The van der Waals surface area contributed by atoms with Crippen molar-refractivity contribution in [2.45, 2.75) is 47.0 Å². The smallest absolute Gasteiger partial charge is 0.309 e. The first-order valence-electron chi connectivity index (χ1n) is 12.0. The van der Waals surface area contributed by atoms with Crippen LogP contribution in [0.25, 0.3) is 12.2 Å². The maximum absolute atomic E-state index is 13.1. The van der Waals surface area contributed by atoms with Crippen molar-refractivity contribution in [2.24, 2.45) is 5.41 Å². The molecule has 3 rings (SSSR count). The number of ketones is 1. The Balaban J connectivity index is 1.91. The van der Waals surface area contributed by atoms with E-state index in [-0.39, 0.29) is 11.7 Å². The number of carbonyl (C=O) groups excluding carboxylic acids is 1. The van der Waals surface area contributed by atoms with Crippen molar-refractivity contribution in [3.8, 4) is 5.75 Å². The Labute approximate surface area is 202 Å². The van der Waals surface area contributed by atoms with Gasteiger partial charge in [0.2, 0.25) is 0 Å². The van der Waals surface area contributed by atoms with E-state index in [1.165, 1.54) is 0 Å². The van der Waals surface area contributed by atoms with Crippen LogP contribution in [-0.2, 0) is 4.79 Å². The second-order valence-corrected chi connectivity index (χ2v) is 9.11. The number of carboxylic acid groups (broad SMARTS) is 1. The Bertz CT molecular complexity index is 1090. The molecule has 34 heavy (non-hydrogen) atoms. The van der Waals surface area contributed by atoms with E-state index in [2.05, 4.69) is 30.9 Å². The van der Waals surface area contributed by atoms with Crippen LogP contribution in [0.5, 0.6) is 5.75 Å². The molecule has 2 aromatic carbocycles. The second-order valence-electron chi connectivity index (χ2n) is 9.11. The van der Waals surface area contributed by atoms with E-state index >= 15 is 0 Å². The quantitative estimate of drug-likeness (QED) is 0.326. The number of carboxylic acids is 1. The highest BCUT2D eigenvalue weighted by atomic mass is 16.5. The van der Waals surface area contributed by atoms with Crippen molar-refractivity contribution in [1.29, 1.82) is 0 Å². The standard InChI is InChI=1S/C29H35NO4/c1-6-25(29(4,5)28(32)33)22-16-17-24(27-23(22)10-9-19-34-27)26(31)18-13-20-11-14-21(15-12-20)30(7-2)8-3/h9-18,25H,6-8,19H2,1-5H3,(H,32,33)/b18-13+. The molecule has 1 unspecified atom stereocenters. The number of allylic oxidation sites excluding steroid dienone is 1. The Morgan fingerprint density at radius 3 is 2.35 bits per heavy atom. The van der Waals surface area contributed by atoms with Crippen molar-refractivity contribution in [3.05, 3.63) is 70.8 Å². The molecule has 0 aliphatic carbocycles. The van der Waals surface area contributed by atoms with E-state index in [9.17, 15) is 14.7 Å². The molecule has 0 saturated carbocycles. The molecule has 1 N–H and O–H groups in total. The summed E-state index contributed by atoms with van der Waals surface area (Å²) in [5.41, 5.74) is 3.35. The largest absolute Gasteiger partial charge is 0.488 e. The number of benzene rings is 2. The number of anilines is 1. The van der Waals surface area contributed by atoms with E-state index in [4.69, 9.17) is 4.74 Å². The zero-order valence-corrected chi connectivity index (χ0v) is 20.8. The van der Waals surface area contributed by atoms with Crippen molar-refractivity contribution >= 4 is 29.6 Å². The van der Waals surface area contributed by atoms with Gasteiger partial charge in [-0.2, -0.15) is 0 Å². The van der Waals surface area contributed by atoms with Gasteiger partial charge in [0.1, 0.15) is 12.4 Å². The Morgan fingerprint density at radius 2 is 1.76 bits per heavy atom. The van der Waals surface area contributed by atoms with Gasteiger partial charge in [-0.15, -0.1) is 0 Å². The van der Waals surface area contributed by atoms with Crippen LogP contribution in [0.4, 0.5) is 5.69 Å². The summed E-state index contributed by atoms with van der Waals surface area (Å²) < 4.78 is 5.91. The van der Waals surface area contributed by atoms with Crippen LogP contribution in [0, 0.1) is 5.41 Å². The van der Waals surface area contributed by atoms with Crippen molar-refractivity contribution in [2.75, 3.05) is 24.6 Å². The molecule has 0 saturated heterocycles. The fourth-order valence-electron chi connectivity index (χ4n) is 4.65. The summed E-state index contributed by atoms with van der Waals surface area (Å²) in [7, 11) is 0. The van der Waals surface area contributed by atoms with Gasteiger partial charge in [0, 0.05) is 24.3 Å². The number of fused-ring (bicyclic) bond motifs is 1. The summed E-state index contributed by atoms with van der Waals surface area (Å²) in [5, 5.41) is 9.79. The number of hydrogen-bond acceptors (Lipinski definition) is 4. The first kappa shape index (κ1) is 25.3. The van der Waals surface area contributed by atoms with E-state index in [1.54, 1.807) is 26.0 Å². The molecule has 0 spiro atoms. The molecule has 0 amide bonds. The normalized spacial score (nSPS) is 13.9. The van der Waals surface area contributed by atoms with Crippen LogP contribution in [0.15, 0.2) is 48.6 Å². The number of hydrogen-bond donors (Lipinski definition) is 1. The lowest BCUT2D eigenvalue weighted by molar-refractivity contribution is -0.148. The highest BCUT2D eigenvalue weighted by molar-refractivity contribution is 6.09. The van der Waals surface area contributed by atoms with E-state index in [0.717, 1.165) is 35.5 Å². The van der Waals surface area contributed by atoms with Gasteiger partial charge in [-0.25, -0.2) is 0 Å². The van der Waals surface area contributed by atoms with Gasteiger partial charge < -0.3 is 14.7 Å². The average molecular weight is 462 g/mol. The molecule has 1 atom stereocenters. The van der Waals surface area contributed by atoms with Crippen LogP contribution in [0.3, 0.4) is 0 Å².